The number of nitrogens with zero attached hydrogens (tertiary/aromatic N) is 1. The van der Waals surface area contributed by atoms with Gasteiger partial charge in [-0.3, -0.25) is 4.90 Å². The van der Waals surface area contributed by atoms with Crippen molar-refractivity contribution in [1.29, 1.82) is 0 Å². The molecule has 0 amide bonds. The molecule has 0 atom stereocenters. The summed E-state index contributed by atoms with van der Waals surface area (Å²) < 4.78 is 0. The summed E-state index contributed by atoms with van der Waals surface area (Å²) >= 11 is 0. The number of rotatable bonds is 9. The van der Waals surface area contributed by atoms with E-state index in [0.29, 0.717) is 0 Å². The van der Waals surface area contributed by atoms with E-state index in [0.717, 1.165) is 26.1 Å². The predicted molar refractivity (Wildman–Crippen MR) is 117 cm³/mol. The molecule has 3 aromatic rings. The van der Waals surface area contributed by atoms with Gasteiger partial charge in [0.05, 0.1) is 0 Å². The van der Waals surface area contributed by atoms with Crippen molar-refractivity contribution in [2.45, 2.75) is 26.3 Å². The van der Waals surface area contributed by atoms with Gasteiger partial charge in [-0.05, 0) is 43.0 Å². The molecule has 0 N–H and O–H groups in total. The van der Waals surface area contributed by atoms with Gasteiger partial charge in [0.1, 0.15) is 0 Å². The quantitative estimate of drug-likeness (QED) is 0.445. The zero-order chi connectivity index (χ0) is 18.7. The molecule has 0 bridgehead atoms. The van der Waals surface area contributed by atoms with Crippen LogP contribution in [-0.4, -0.2) is 18.0 Å². The van der Waals surface area contributed by atoms with Crippen molar-refractivity contribution < 1.29 is 0 Å². The molecule has 0 unspecified atom stereocenters. The molecule has 0 aliphatic heterocycles. The van der Waals surface area contributed by atoms with Crippen LogP contribution in [-0.2, 0) is 13.0 Å². The highest BCUT2D eigenvalue weighted by Crippen LogP contribution is 2.10. The molecule has 0 spiro atoms. The lowest BCUT2D eigenvalue weighted by atomic mass is 10.1. The van der Waals surface area contributed by atoms with Gasteiger partial charge in [-0.15, -0.1) is 0 Å². The lowest BCUT2D eigenvalue weighted by Gasteiger charge is -2.21. The van der Waals surface area contributed by atoms with Gasteiger partial charge < -0.3 is 0 Å². The molecule has 3 aromatic carbocycles. The zero-order valence-corrected chi connectivity index (χ0v) is 16.2. The summed E-state index contributed by atoms with van der Waals surface area (Å²) in [4.78, 5) is 2.53. The molecule has 138 valence electrons. The molecule has 1 nitrogen and oxygen atoms in total. The Bertz CT molecular complexity index is 804. The highest BCUT2D eigenvalue weighted by Gasteiger charge is 2.05. The Kier molecular flexibility index (Phi) is 7.44. The second kappa shape index (κ2) is 10.5. The molecular weight excluding hydrogens is 326 g/mol. The van der Waals surface area contributed by atoms with Crippen molar-refractivity contribution in [3.63, 3.8) is 0 Å². The largest absolute Gasteiger partial charge is 0.295 e. The molecule has 0 aromatic heterocycles. The molecule has 0 radical (unpaired) electrons. The summed E-state index contributed by atoms with van der Waals surface area (Å²) in [6.07, 6.45) is 6.81. The molecule has 3 rings (SSSR count). The van der Waals surface area contributed by atoms with E-state index < -0.39 is 0 Å². The minimum atomic E-state index is 0.970. The van der Waals surface area contributed by atoms with E-state index in [4.69, 9.17) is 0 Å². The van der Waals surface area contributed by atoms with Gasteiger partial charge in [0.15, 0.2) is 0 Å². The van der Waals surface area contributed by atoms with Gasteiger partial charge in [-0.25, -0.2) is 0 Å². The second-order valence-electron chi connectivity index (χ2n) is 7.12. The molecule has 0 saturated heterocycles. The van der Waals surface area contributed by atoms with Crippen molar-refractivity contribution in [1.82, 2.24) is 4.90 Å². The molecule has 0 fully saturated rings. The molecule has 0 heterocycles. The second-order valence-corrected chi connectivity index (χ2v) is 7.12. The van der Waals surface area contributed by atoms with Gasteiger partial charge in [0, 0.05) is 13.1 Å². The van der Waals surface area contributed by atoms with Crippen molar-refractivity contribution in [2.75, 3.05) is 13.1 Å². The summed E-state index contributed by atoms with van der Waals surface area (Å²) in [5.41, 5.74) is 5.39. The van der Waals surface area contributed by atoms with E-state index in [2.05, 4.69) is 109 Å². The average molecular weight is 356 g/mol. The Morgan fingerprint density at radius 3 is 2.11 bits per heavy atom. The Labute approximate surface area is 164 Å². The van der Waals surface area contributed by atoms with Crippen LogP contribution in [0, 0.1) is 6.92 Å². The molecule has 0 aliphatic rings. The first-order chi connectivity index (χ1) is 13.3. The van der Waals surface area contributed by atoms with Crippen LogP contribution in [0.4, 0.5) is 0 Å². The highest BCUT2D eigenvalue weighted by atomic mass is 15.1. The van der Waals surface area contributed by atoms with E-state index in [9.17, 15) is 0 Å². The number of aryl methyl sites for hydroxylation is 2. The number of benzene rings is 3. The Morgan fingerprint density at radius 1 is 0.741 bits per heavy atom. The van der Waals surface area contributed by atoms with Crippen LogP contribution in [0.3, 0.4) is 0 Å². The average Bonchev–Trinajstić information content (AvgIpc) is 2.71. The van der Waals surface area contributed by atoms with E-state index in [1.807, 2.05) is 0 Å². The number of hydrogen-bond acceptors (Lipinski definition) is 1. The van der Waals surface area contributed by atoms with Crippen molar-refractivity contribution in [3.05, 3.63) is 113 Å². The monoisotopic (exact) mass is 355 g/mol. The third-order valence-corrected chi connectivity index (χ3v) is 4.78. The first kappa shape index (κ1) is 19.1. The molecular formula is C26H29N. The topological polar surface area (TPSA) is 3.24 Å². The van der Waals surface area contributed by atoms with Gasteiger partial charge in [-0.2, -0.15) is 0 Å². The van der Waals surface area contributed by atoms with Crippen molar-refractivity contribution >= 4 is 6.08 Å². The zero-order valence-electron chi connectivity index (χ0n) is 16.2. The van der Waals surface area contributed by atoms with E-state index in [1.54, 1.807) is 0 Å². The fourth-order valence-corrected chi connectivity index (χ4v) is 3.24. The molecule has 0 saturated carbocycles. The summed E-state index contributed by atoms with van der Waals surface area (Å²) in [6, 6.07) is 30.2. The maximum Gasteiger partial charge on any atom is 0.0237 e. The van der Waals surface area contributed by atoms with Crippen LogP contribution in [0.1, 0.15) is 28.7 Å². The van der Waals surface area contributed by atoms with Crippen molar-refractivity contribution in [2.24, 2.45) is 0 Å². The molecule has 27 heavy (non-hydrogen) atoms. The van der Waals surface area contributed by atoms with Gasteiger partial charge in [0.25, 0.3) is 0 Å². The van der Waals surface area contributed by atoms with Crippen LogP contribution in [0.25, 0.3) is 6.08 Å². The van der Waals surface area contributed by atoms with Crippen LogP contribution in [0.15, 0.2) is 91.0 Å². The Morgan fingerprint density at radius 2 is 1.41 bits per heavy atom. The maximum atomic E-state index is 2.53. The van der Waals surface area contributed by atoms with Crippen LogP contribution in [0.5, 0.6) is 0 Å². The summed E-state index contributed by atoms with van der Waals surface area (Å²) in [6.45, 7) is 5.21. The first-order valence-corrected chi connectivity index (χ1v) is 9.83. The minimum absolute atomic E-state index is 0.970. The third-order valence-electron chi connectivity index (χ3n) is 4.78. The SMILES string of the molecule is Cc1ccc(CN(CC=Cc2ccccc2)CCCc2ccccc2)cc1. The lowest BCUT2D eigenvalue weighted by molar-refractivity contribution is 0.291. The Balaban J connectivity index is 1.58. The normalized spacial score (nSPS) is 11.3. The summed E-state index contributed by atoms with van der Waals surface area (Å²) in [5, 5.41) is 0. The predicted octanol–water partition coefficient (Wildman–Crippen LogP) is 6.14. The van der Waals surface area contributed by atoms with E-state index >= 15 is 0 Å². The lowest BCUT2D eigenvalue weighted by Crippen LogP contribution is -2.25. The third kappa shape index (κ3) is 6.88. The van der Waals surface area contributed by atoms with Gasteiger partial charge in [0.2, 0.25) is 0 Å². The van der Waals surface area contributed by atoms with Crippen LogP contribution >= 0.6 is 0 Å². The minimum Gasteiger partial charge on any atom is -0.295 e. The van der Waals surface area contributed by atoms with Crippen LogP contribution < -0.4 is 0 Å². The van der Waals surface area contributed by atoms with Crippen LogP contribution in [0.2, 0.25) is 0 Å². The van der Waals surface area contributed by atoms with Gasteiger partial charge >= 0.3 is 0 Å². The summed E-state index contributed by atoms with van der Waals surface area (Å²) in [7, 11) is 0. The maximum absolute atomic E-state index is 2.53. The fourth-order valence-electron chi connectivity index (χ4n) is 3.24. The first-order valence-electron chi connectivity index (χ1n) is 9.83. The van der Waals surface area contributed by atoms with Gasteiger partial charge in [-0.1, -0.05) is 103 Å². The number of hydrogen-bond donors (Lipinski definition) is 0. The highest BCUT2D eigenvalue weighted by molar-refractivity contribution is 5.48. The molecule has 0 aliphatic carbocycles. The Hall–Kier alpha value is -2.64. The standard InChI is InChI=1S/C26H29N/c1-23-16-18-26(19-17-23)22-27(20-8-14-24-10-4-2-5-11-24)21-9-15-25-12-6-3-7-13-25/h2-8,10-14,16-19H,9,15,20-22H2,1H3. The van der Waals surface area contributed by atoms with E-state index in [-0.39, 0.29) is 0 Å². The fraction of sp³-hybridized carbons (Fsp3) is 0.231. The van der Waals surface area contributed by atoms with Crippen molar-refractivity contribution in [3.8, 4) is 0 Å². The van der Waals surface area contributed by atoms with E-state index in [1.165, 1.54) is 28.7 Å². The molecule has 1 heteroatoms. The summed E-state index contributed by atoms with van der Waals surface area (Å²) in [5.74, 6) is 0. The smallest absolute Gasteiger partial charge is 0.0237 e.